The minimum atomic E-state index is -1.74. The highest BCUT2D eigenvalue weighted by atomic mass is 35.5. The van der Waals surface area contributed by atoms with Gasteiger partial charge in [-0.25, -0.2) is 0 Å². The smallest absolute Gasteiger partial charge is 0.328 e. The minimum Gasteiger partial charge on any atom is -0.481 e. The van der Waals surface area contributed by atoms with E-state index in [-0.39, 0.29) is 27.4 Å². The molecule has 0 bridgehead atoms. The van der Waals surface area contributed by atoms with Gasteiger partial charge in [-0.2, -0.15) is 0 Å². The van der Waals surface area contributed by atoms with Gasteiger partial charge in [0.15, 0.2) is 11.9 Å². The summed E-state index contributed by atoms with van der Waals surface area (Å²) in [5, 5.41) is 0.512. The summed E-state index contributed by atoms with van der Waals surface area (Å²) >= 11 is 17.7. The molecule has 0 radical (unpaired) electrons. The molecule has 1 aromatic rings. The standard InChI is InChI=1S/C16H17Cl3O6/c1-4-5-24-16(22)13(15(21)23-3)14(20)8(2)25-12-7-10(18)9(17)6-11(12)19/h6-8,13H,4-5H2,1-3H3. The predicted molar refractivity (Wildman–Crippen MR) is 93.3 cm³/mol. The lowest BCUT2D eigenvalue weighted by molar-refractivity contribution is -0.164. The SMILES string of the molecule is CCCOC(=O)C(C(=O)OC)C(=O)C(C)Oc1cc(Cl)c(Cl)cc1Cl. The molecule has 0 N–H and O–H groups in total. The second kappa shape index (κ2) is 9.85. The van der Waals surface area contributed by atoms with E-state index in [1.54, 1.807) is 6.92 Å². The van der Waals surface area contributed by atoms with Crippen molar-refractivity contribution in [2.75, 3.05) is 13.7 Å². The first kappa shape index (κ1) is 21.5. The van der Waals surface area contributed by atoms with E-state index in [0.717, 1.165) is 7.11 Å². The van der Waals surface area contributed by atoms with Crippen molar-refractivity contribution in [3.8, 4) is 5.75 Å². The fourth-order valence-corrected chi connectivity index (χ4v) is 2.39. The van der Waals surface area contributed by atoms with Crippen molar-refractivity contribution >= 4 is 52.5 Å². The number of halogens is 3. The summed E-state index contributed by atoms with van der Waals surface area (Å²) in [5.74, 6) is -4.50. The summed E-state index contributed by atoms with van der Waals surface area (Å²) < 4.78 is 14.8. The molecule has 1 rings (SSSR count). The van der Waals surface area contributed by atoms with Crippen LogP contribution in [-0.4, -0.2) is 37.5 Å². The molecule has 0 aliphatic rings. The highest BCUT2D eigenvalue weighted by Gasteiger charge is 2.40. The van der Waals surface area contributed by atoms with Crippen LogP contribution >= 0.6 is 34.8 Å². The van der Waals surface area contributed by atoms with Crippen LogP contribution in [0.15, 0.2) is 12.1 Å². The maximum absolute atomic E-state index is 12.5. The first-order valence-electron chi connectivity index (χ1n) is 7.32. The van der Waals surface area contributed by atoms with Crippen molar-refractivity contribution in [2.45, 2.75) is 26.4 Å². The molecule has 0 aliphatic heterocycles. The van der Waals surface area contributed by atoms with Gasteiger partial charge in [-0.05, 0) is 19.4 Å². The average Bonchev–Trinajstić information content (AvgIpc) is 2.57. The Labute approximate surface area is 160 Å². The topological polar surface area (TPSA) is 78.9 Å². The quantitative estimate of drug-likeness (QED) is 0.368. The number of benzene rings is 1. The summed E-state index contributed by atoms with van der Waals surface area (Å²) in [5.41, 5.74) is 0. The maximum atomic E-state index is 12.5. The van der Waals surface area contributed by atoms with Crippen LogP contribution in [0.25, 0.3) is 0 Å². The van der Waals surface area contributed by atoms with E-state index >= 15 is 0 Å². The van der Waals surface area contributed by atoms with Gasteiger partial charge in [-0.1, -0.05) is 41.7 Å². The van der Waals surface area contributed by atoms with Crippen LogP contribution in [0.1, 0.15) is 20.3 Å². The number of ether oxygens (including phenoxy) is 3. The second-order valence-electron chi connectivity index (χ2n) is 4.98. The summed E-state index contributed by atoms with van der Waals surface area (Å²) in [6, 6.07) is 2.68. The molecular weight excluding hydrogens is 395 g/mol. The van der Waals surface area contributed by atoms with Crippen LogP contribution in [0, 0.1) is 5.92 Å². The van der Waals surface area contributed by atoms with Gasteiger partial charge in [0.1, 0.15) is 5.75 Å². The van der Waals surface area contributed by atoms with Gasteiger partial charge < -0.3 is 14.2 Å². The molecule has 0 saturated carbocycles. The number of ketones is 1. The van der Waals surface area contributed by atoms with Crippen LogP contribution < -0.4 is 4.74 Å². The van der Waals surface area contributed by atoms with Gasteiger partial charge in [0.05, 0.1) is 28.8 Å². The second-order valence-corrected chi connectivity index (χ2v) is 6.20. The molecule has 9 heteroatoms. The Balaban J connectivity index is 2.98. The number of carbonyl (C=O) groups is 3. The third-order valence-electron chi connectivity index (χ3n) is 3.08. The van der Waals surface area contributed by atoms with Crippen molar-refractivity contribution in [3.63, 3.8) is 0 Å². The number of carbonyl (C=O) groups excluding carboxylic acids is 3. The number of hydrogen-bond acceptors (Lipinski definition) is 6. The van der Waals surface area contributed by atoms with E-state index in [1.807, 2.05) is 0 Å². The fourth-order valence-electron chi connectivity index (χ4n) is 1.81. The van der Waals surface area contributed by atoms with Crippen molar-refractivity contribution in [3.05, 3.63) is 27.2 Å². The van der Waals surface area contributed by atoms with E-state index in [9.17, 15) is 14.4 Å². The Morgan fingerprint density at radius 3 is 2.20 bits per heavy atom. The normalized spacial score (nSPS) is 12.9. The van der Waals surface area contributed by atoms with Crippen molar-refractivity contribution < 1.29 is 28.6 Å². The van der Waals surface area contributed by atoms with Crippen molar-refractivity contribution in [1.29, 1.82) is 0 Å². The molecule has 6 nitrogen and oxygen atoms in total. The Kier molecular flexibility index (Phi) is 8.48. The van der Waals surface area contributed by atoms with E-state index in [4.69, 9.17) is 44.3 Å². The van der Waals surface area contributed by atoms with Crippen LogP contribution in [0.3, 0.4) is 0 Å². The molecule has 25 heavy (non-hydrogen) atoms. The first-order valence-corrected chi connectivity index (χ1v) is 8.45. The summed E-state index contributed by atoms with van der Waals surface area (Å²) in [4.78, 5) is 36.3. The monoisotopic (exact) mass is 410 g/mol. The molecule has 0 heterocycles. The lowest BCUT2D eigenvalue weighted by atomic mass is 10.0. The Morgan fingerprint density at radius 1 is 1.04 bits per heavy atom. The highest BCUT2D eigenvalue weighted by molar-refractivity contribution is 6.43. The Bertz CT molecular complexity index is 662. The van der Waals surface area contributed by atoms with Gasteiger partial charge in [-0.3, -0.25) is 14.4 Å². The summed E-state index contributed by atoms with van der Waals surface area (Å²) in [6.07, 6.45) is -0.647. The number of esters is 2. The maximum Gasteiger partial charge on any atom is 0.328 e. The Hall–Kier alpha value is -1.50. The van der Waals surface area contributed by atoms with E-state index in [1.165, 1.54) is 19.1 Å². The van der Waals surface area contributed by atoms with Crippen LogP contribution in [0.5, 0.6) is 5.75 Å². The molecule has 0 fully saturated rings. The molecule has 0 saturated heterocycles. The van der Waals surface area contributed by atoms with Gasteiger partial charge in [0, 0.05) is 6.07 Å². The van der Waals surface area contributed by atoms with Crippen LogP contribution in [0.2, 0.25) is 15.1 Å². The van der Waals surface area contributed by atoms with Crippen LogP contribution in [0.4, 0.5) is 0 Å². The van der Waals surface area contributed by atoms with Crippen LogP contribution in [-0.2, 0) is 23.9 Å². The van der Waals surface area contributed by atoms with Crippen molar-refractivity contribution in [2.24, 2.45) is 5.92 Å². The highest BCUT2D eigenvalue weighted by Crippen LogP contribution is 2.34. The molecule has 1 aromatic carbocycles. The zero-order valence-electron chi connectivity index (χ0n) is 13.8. The minimum absolute atomic E-state index is 0.0769. The third-order valence-corrected chi connectivity index (χ3v) is 4.10. The lowest BCUT2D eigenvalue weighted by Gasteiger charge is -2.19. The molecule has 138 valence electrons. The summed E-state index contributed by atoms with van der Waals surface area (Å²) in [6.45, 7) is 3.22. The predicted octanol–water partition coefficient (Wildman–Crippen LogP) is 3.73. The molecule has 0 amide bonds. The number of hydrogen-bond donors (Lipinski definition) is 0. The number of methoxy groups -OCH3 is 1. The molecular formula is C16H17Cl3O6. The zero-order valence-corrected chi connectivity index (χ0v) is 16.1. The summed E-state index contributed by atoms with van der Waals surface area (Å²) in [7, 11) is 1.07. The molecule has 2 unspecified atom stereocenters. The van der Waals surface area contributed by atoms with Crippen molar-refractivity contribution in [1.82, 2.24) is 0 Å². The number of rotatable bonds is 8. The van der Waals surface area contributed by atoms with E-state index in [0.29, 0.717) is 6.42 Å². The van der Waals surface area contributed by atoms with E-state index < -0.39 is 29.7 Å². The van der Waals surface area contributed by atoms with Gasteiger partial charge in [0.2, 0.25) is 5.92 Å². The average molecular weight is 412 g/mol. The molecule has 2 atom stereocenters. The van der Waals surface area contributed by atoms with Gasteiger partial charge in [-0.15, -0.1) is 0 Å². The molecule has 0 aliphatic carbocycles. The lowest BCUT2D eigenvalue weighted by Crippen LogP contribution is -2.41. The molecule has 0 spiro atoms. The molecule has 0 aromatic heterocycles. The Morgan fingerprint density at radius 2 is 1.64 bits per heavy atom. The first-order chi connectivity index (χ1) is 11.7. The number of Topliss-reactive ketones (excluding diaryl/α,β-unsaturated/α-hetero) is 1. The third kappa shape index (κ3) is 5.76. The fraction of sp³-hybridized carbons (Fsp3) is 0.438. The van der Waals surface area contributed by atoms with Gasteiger partial charge in [0.25, 0.3) is 0 Å². The largest absolute Gasteiger partial charge is 0.481 e. The van der Waals surface area contributed by atoms with Gasteiger partial charge >= 0.3 is 11.9 Å². The zero-order chi connectivity index (χ0) is 19.1. The van der Waals surface area contributed by atoms with E-state index in [2.05, 4.69) is 4.74 Å².